The summed E-state index contributed by atoms with van der Waals surface area (Å²) < 4.78 is 5.45. The molecule has 0 bridgehead atoms. The van der Waals surface area contributed by atoms with Crippen LogP contribution in [0, 0.1) is 0 Å². The Bertz CT molecular complexity index is 509. The normalized spacial score (nSPS) is 17.2. The van der Waals surface area contributed by atoms with Gasteiger partial charge in [0.2, 0.25) is 0 Å². The molecule has 5 heteroatoms. The van der Waals surface area contributed by atoms with E-state index in [9.17, 15) is 9.59 Å². The van der Waals surface area contributed by atoms with E-state index in [1.165, 1.54) is 0 Å². The van der Waals surface area contributed by atoms with Gasteiger partial charge in [-0.15, -0.1) is 0 Å². The van der Waals surface area contributed by atoms with Gasteiger partial charge in [-0.1, -0.05) is 0 Å². The van der Waals surface area contributed by atoms with Gasteiger partial charge in [-0.25, -0.2) is 0 Å². The standard InChI is InChI=1S/C14H18N2O3/c1-4-16(5-2)14(18)10-6-7-12-11(8-10)15-13(17)9(3)19-12/h6-9H,4-5H2,1-3H3,(H,15,17). The Hall–Kier alpha value is -2.04. The molecule has 1 heterocycles. The van der Waals surface area contributed by atoms with Gasteiger partial charge in [-0.05, 0) is 39.0 Å². The molecule has 0 aliphatic carbocycles. The van der Waals surface area contributed by atoms with Crippen LogP contribution in [-0.4, -0.2) is 35.9 Å². The smallest absolute Gasteiger partial charge is 0.265 e. The van der Waals surface area contributed by atoms with Gasteiger partial charge in [0.15, 0.2) is 6.10 Å². The molecule has 1 N–H and O–H groups in total. The van der Waals surface area contributed by atoms with Crippen molar-refractivity contribution in [2.45, 2.75) is 26.9 Å². The number of rotatable bonds is 3. The Morgan fingerprint density at radius 2 is 2.05 bits per heavy atom. The molecule has 1 aliphatic heterocycles. The average molecular weight is 262 g/mol. The monoisotopic (exact) mass is 262 g/mol. The van der Waals surface area contributed by atoms with E-state index in [4.69, 9.17) is 4.74 Å². The van der Waals surface area contributed by atoms with E-state index in [2.05, 4.69) is 5.32 Å². The number of carbonyl (C=O) groups excluding carboxylic acids is 2. The van der Waals surface area contributed by atoms with Gasteiger partial charge >= 0.3 is 0 Å². The molecule has 1 aromatic carbocycles. The molecular formula is C14H18N2O3. The number of hydrogen-bond donors (Lipinski definition) is 1. The molecule has 0 saturated carbocycles. The first-order valence-electron chi connectivity index (χ1n) is 6.47. The molecule has 102 valence electrons. The maximum Gasteiger partial charge on any atom is 0.265 e. The van der Waals surface area contributed by atoms with Crippen LogP contribution < -0.4 is 10.1 Å². The van der Waals surface area contributed by atoms with Crippen LogP contribution in [0.2, 0.25) is 0 Å². The van der Waals surface area contributed by atoms with Gasteiger partial charge in [0.05, 0.1) is 5.69 Å². The van der Waals surface area contributed by atoms with E-state index < -0.39 is 6.10 Å². The zero-order valence-electron chi connectivity index (χ0n) is 11.4. The van der Waals surface area contributed by atoms with Gasteiger partial charge in [0, 0.05) is 18.7 Å². The first-order valence-corrected chi connectivity index (χ1v) is 6.47. The Morgan fingerprint density at radius 1 is 1.37 bits per heavy atom. The number of carbonyl (C=O) groups is 2. The predicted octanol–water partition coefficient (Wildman–Crippen LogP) is 1.89. The molecular weight excluding hydrogens is 244 g/mol. The van der Waals surface area contributed by atoms with Crippen LogP contribution in [-0.2, 0) is 4.79 Å². The van der Waals surface area contributed by atoms with Crippen molar-refractivity contribution in [2.24, 2.45) is 0 Å². The quantitative estimate of drug-likeness (QED) is 0.905. The highest BCUT2D eigenvalue weighted by molar-refractivity contribution is 6.00. The van der Waals surface area contributed by atoms with Crippen molar-refractivity contribution < 1.29 is 14.3 Å². The van der Waals surface area contributed by atoms with Gasteiger partial charge in [-0.2, -0.15) is 0 Å². The first kappa shape index (κ1) is 13.4. The summed E-state index contributed by atoms with van der Waals surface area (Å²) in [6.45, 7) is 6.88. The van der Waals surface area contributed by atoms with Gasteiger partial charge in [0.1, 0.15) is 5.75 Å². The van der Waals surface area contributed by atoms with E-state index >= 15 is 0 Å². The van der Waals surface area contributed by atoms with Crippen molar-refractivity contribution in [1.29, 1.82) is 0 Å². The number of ether oxygens (including phenoxy) is 1. The number of fused-ring (bicyclic) bond motifs is 1. The molecule has 1 aromatic rings. The molecule has 2 amide bonds. The highest BCUT2D eigenvalue weighted by Gasteiger charge is 2.24. The minimum absolute atomic E-state index is 0.0410. The third kappa shape index (κ3) is 2.54. The van der Waals surface area contributed by atoms with Crippen molar-refractivity contribution in [2.75, 3.05) is 18.4 Å². The second-order valence-corrected chi connectivity index (χ2v) is 4.44. The zero-order chi connectivity index (χ0) is 14.0. The maximum atomic E-state index is 12.2. The summed E-state index contributed by atoms with van der Waals surface area (Å²) in [4.78, 5) is 25.5. The van der Waals surface area contributed by atoms with Crippen LogP contribution in [0.1, 0.15) is 31.1 Å². The molecule has 0 fully saturated rings. The molecule has 0 aromatic heterocycles. The lowest BCUT2D eigenvalue weighted by molar-refractivity contribution is -0.122. The third-order valence-electron chi connectivity index (χ3n) is 3.21. The number of anilines is 1. The van der Waals surface area contributed by atoms with Crippen molar-refractivity contribution >= 4 is 17.5 Å². The largest absolute Gasteiger partial charge is 0.479 e. The van der Waals surface area contributed by atoms with Crippen LogP contribution in [0.4, 0.5) is 5.69 Å². The van der Waals surface area contributed by atoms with Crippen molar-refractivity contribution in [3.05, 3.63) is 23.8 Å². The molecule has 1 unspecified atom stereocenters. The fourth-order valence-electron chi connectivity index (χ4n) is 2.04. The lowest BCUT2D eigenvalue weighted by Crippen LogP contribution is -2.35. The molecule has 19 heavy (non-hydrogen) atoms. The van der Waals surface area contributed by atoms with E-state index in [1.807, 2.05) is 13.8 Å². The molecule has 0 spiro atoms. The minimum Gasteiger partial charge on any atom is -0.479 e. The molecule has 2 rings (SSSR count). The second kappa shape index (κ2) is 5.30. The summed E-state index contributed by atoms with van der Waals surface area (Å²) in [7, 11) is 0. The van der Waals surface area contributed by atoms with Crippen LogP contribution in [0.5, 0.6) is 5.75 Å². The average Bonchev–Trinajstić information content (AvgIpc) is 2.41. The molecule has 0 saturated heterocycles. The Morgan fingerprint density at radius 3 is 2.68 bits per heavy atom. The summed E-state index contributed by atoms with van der Waals surface area (Å²) >= 11 is 0. The fraction of sp³-hybridized carbons (Fsp3) is 0.429. The Balaban J connectivity index is 2.29. The molecule has 0 radical (unpaired) electrons. The zero-order valence-corrected chi connectivity index (χ0v) is 11.4. The highest BCUT2D eigenvalue weighted by Crippen LogP contribution is 2.30. The third-order valence-corrected chi connectivity index (χ3v) is 3.21. The maximum absolute atomic E-state index is 12.2. The second-order valence-electron chi connectivity index (χ2n) is 4.44. The lowest BCUT2D eigenvalue weighted by atomic mass is 10.1. The molecule has 5 nitrogen and oxygen atoms in total. The number of amides is 2. The van der Waals surface area contributed by atoms with E-state index in [1.54, 1.807) is 30.0 Å². The topological polar surface area (TPSA) is 58.6 Å². The lowest BCUT2D eigenvalue weighted by Gasteiger charge is -2.24. The Kier molecular flexibility index (Phi) is 3.74. The van der Waals surface area contributed by atoms with Crippen LogP contribution in [0.15, 0.2) is 18.2 Å². The van der Waals surface area contributed by atoms with E-state index in [0.29, 0.717) is 30.1 Å². The predicted molar refractivity (Wildman–Crippen MR) is 72.4 cm³/mol. The SMILES string of the molecule is CCN(CC)C(=O)c1ccc2c(c1)NC(=O)C(C)O2. The summed E-state index contributed by atoms with van der Waals surface area (Å²) in [6, 6.07) is 5.12. The number of benzene rings is 1. The summed E-state index contributed by atoms with van der Waals surface area (Å²) in [5.74, 6) is 0.365. The minimum atomic E-state index is -0.503. The summed E-state index contributed by atoms with van der Waals surface area (Å²) in [6.07, 6.45) is -0.503. The van der Waals surface area contributed by atoms with Crippen molar-refractivity contribution in [1.82, 2.24) is 4.90 Å². The number of hydrogen-bond acceptors (Lipinski definition) is 3. The van der Waals surface area contributed by atoms with Crippen LogP contribution in [0.3, 0.4) is 0 Å². The van der Waals surface area contributed by atoms with Crippen molar-refractivity contribution in [3.63, 3.8) is 0 Å². The van der Waals surface area contributed by atoms with Gasteiger partial charge < -0.3 is 15.0 Å². The number of nitrogens with zero attached hydrogens (tertiary/aromatic N) is 1. The number of nitrogens with one attached hydrogen (secondary N) is 1. The molecule has 1 atom stereocenters. The van der Waals surface area contributed by atoms with E-state index in [0.717, 1.165) is 0 Å². The van der Waals surface area contributed by atoms with Crippen LogP contribution in [0.25, 0.3) is 0 Å². The molecule has 1 aliphatic rings. The van der Waals surface area contributed by atoms with Crippen molar-refractivity contribution in [3.8, 4) is 5.75 Å². The van der Waals surface area contributed by atoms with Gasteiger partial charge in [-0.3, -0.25) is 9.59 Å². The Labute approximate surface area is 112 Å². The first-order chi connectivity index (χ1) is 9.06. The summed E-state index contributed by atoms with van der Waals surface area (Å²) in [5, 5.41) is 2.75. The van der Waals surface area contributed by atoms with E-state index in [-0.39, 0.29) is 11.8 Å². The summed E-state index contributed by atoms with van der Waals surface area (Å²) in [5.41, 5.74) is 1.11. The van der Waals surface area contributed by atoms with Crippen LogP contribution >= 0.6 is 0 Å². The highest BCUT2D eigenvalue weighted by atomic mass is 16.5. The van der Waals surface area contributed by atoms with Gasteiger partial charge in [0.25, 0.3) is 11.8 Å². The fourth-order valence-corrected chi connectivity index (χ4v) is 2.04.